The normalized spacial score (nSPS) is 23.4. The fourth-order valence-electron chi connectivity index (χ4n) is 4.46. The number of ether oxygens (including phenoxy) is 1. The highest BCUT2D eigenvalue weighted by molar-refractivity contribution is 8.26. The first-order chi connectivity index (χ1) is 14.8. The average Bonchev–Trinajstić information content (AvgIpc) is 3.00. The number of hydrogen-bond acceptors (Lipinski definition) is 6. The number of amides is 1. The fraction of sp³-hybridized carbons (Fsp3) is 0.435. The van der Waals surface area contributed by atoms with E-state index >= 15 is 0 Å². The van der Waals surface area contributed by atoms with Gasteiger partial charge in [0.15, 0.2) is 0 Å². The molecule has 2 unspecified atom stereocenters. The van der Waals surface area contributed by atoms with Crippen LogP contribution in [0.5, 0.6) is 0 Å². The fourth-order valence-corrected chi connectivity index (χ4v) is 5.83. The van der Waals surface area contributed by atoms with Crippen LogP contribution in [0.1, 0.15) is 33.3 Å². The number of carbonyl (C=O) groups excluding carboxylic acids is 1. The molecule has 2 aliphatic rings. The van der Waals surface area contributed by atoms with Gasteiger partial charge < -0.3 is 14.2 Å². The maximum atomic E-state index is 13.7. The van der Waals surface area contributed by atoms with Gasteiger partial charge in [0.1, 0.15) is 4.32 Å². The van der Waals surface area contributed by atoms with E-state index in [0.29, 0.717) is 41.0 Å². The second-order valence-electron chi connectivity index (χ2n) is 7.92. The van der Waals surface area contributed by atoms with Crippen molar-refractivity contribution in [2.24, 2.45) is 0 Å². The molecule has 164 valence electrons. The molecule has 1 aromatic heterocycles. The van der Waals surface area contributed by atoms with Crippen LogP contribution in [0.15, 0.2) is 34.0 Å². The van der Waals surface area contributed by atoms with E-state index in [4.69, 9.17) is 17.0 Å². The van der Waals surface area contributed by atoms with Crippen LogP contribution in [0.4, 0.5) is 5.69 Å². The summed E-state index contributed by atoms with van der Waals surface area (Å²) in [5.41, 5.74) is 2.22. The summed E-state index contributed by atoms with van der Waals surface area (Å²) in [6.45, 7) is 10.4. The molecule has 1 aromatic carbocycles. The molecule has 2 atom stereocenters. The molecule has 0 saturated carbocycles. The molecule has 4 rings (SSSR count). The van der Waals surface area contributed by atoms with Crippen LogP contribution in [0.3, 0.4) is 0 Å². The third kappa shape index (κ3) is 3.92. The van der Waals surface area contributed by atoms with Crippen LogP contribution < -0.4 is 10.5 Å². The highest BCUT2D eigenvalue weighted by atomic mass is 32.2. The molecule has 0 spiro atoms. The van der Waals surface area contributed by atoms with Crippen molar-refractivity contribution < 1.29 is 9.53 Å². The van der Waals surface area contributed by atoms with Gasteiger partial charge in [-0.1, -0.05) is 42.2 Å². The molecule has 2 fully saturated rings. The number of pyridine rings is 1. The van der Waals surface area contributed by atoms with Crippen molar-refractivity contribution in [3.8, 4) is 0 Å². The summed E-state index contributed by atoms with van der Waals surface area (Å²) < 4.78 is 8.24. The predicted octanol–water partition coefficient (Wildman–Crippen LogP) is 3.86. The van der Waals surface area contributed by atoms with Crippen molar-refractivity contribution in [1.29, 1.82) is 0 Å². The standard InChI is InChI=1S/C23H27N3O3S2/c1-5-25-18-10-8-7-9-16(18)20(24-12-14(3)29-15(4)13-24)17(21(25)27)11-19-22(28)26(6-2)23(30)31-19/h7-11,14-15H,5-6,12-13H2,1-4H3. The SMILES string of the molecule is CCN1C(=O)C(=Cc2c(N3CC(C)OC(C)C3)c3ccccc3n(CC)c2=O)SC1=S. The van der Waals surface area contributed by atoms with Crippen molar-refractivity contribution in [1.82, 2.24) is 9.47 Å². The van der Waals surface area contributed by atoms with E-state index in [0.717, 1.165) is 16.6 Å². The van der Waals surface area contributed by atoms with Crippen LogP contribution >= 0.6 is 24.0 Å². The molecule has 2 aromatic rings. The van der Waals surface area contributed by atoms with Crippen LogP contribution in [-0.4, -0.2) is 51.5 Å². The Morgan fingerprint density at radius 1 is 1.13 bits per heavy atom. The Labute approximate surface area is 191 Å². The van der Waals surface area contributed by atoms with E-state index in [1.54, 1.807) is 15.5 Å². The first-order valence-corrected chi connectivity index (χ1v) is 11.9. The maximum Gasteiger partial charge on any atom is 0.266 e. The highest BCUT2D eigenvalue weighted by Crippen LogP contribution is 2.36. The Morgan fingerprint density at radius 2 is 1.81 bits per heavy atom. The van der Waals surface area contributed by atoms with E-state index in [-0.39, 0.29) is 23.7 Å². The Kier molecular flexibility index (Phi) is 6.23. The molecule has 3 heterocycles. The summed E-state index contributed by atoms with van der Waals surface area (Å²) >= 11 is 6.64. The van der Waals surface area contributed by atoms with Crippen molar-refractivity contribution in [3.05, 3.63) is 45.1 Å². The molecular formula is C23H27N3O3S2. The molecule has 0 aliphatic carbocycles. The molecule has 2 aliphatic heterocycles. The van der Waals surface area contributed by atoms with Gasteiger partial charge in [-0.05, 0) is 39.8 Å². The number of aryl methyl sites for hydroxylation is 1. The Morgan fingerprint density at radius 3 is 2.42 bits per heavy atom. The number of thioether (sulfide) groups is 1. The lowest BCUT2D eigenvalue weighted by atomic mass is 10.0. The van der Waals surface area contributed by atoms with Gasteiger partial charge in [-0.3, -0.25) is 14.5 Å². The van der Waals surface area contributed by atoms with Crippen molar-refractivity contribution in [2.75, 3.05) is 24.5 Å². The van der Waals surface area contributed by atoms with Gasteiger partial charge >= 0.3 is 0 Å². The van der Waals surface area contributed by atoms with Crippen molar-refractivity contribution in [3.63, 3.8) is 0 Å². The molecule has 0 bridgehead atoms. The van der Waals surface area contributed by atoms with E-state index in [1.165, 1.54) is 11.8 Å². The van der Waals surface area contributed by atoms with E-state index in [2.05, 4.69) is 11.0 Å². The number of hydrogen-bond donors (Lipinski definition) is 0. The molecule has 2 saturated heterocycles. The van der Waals surface area contributed by atoms with Gasteiger partial charge in [0.2, 0.25) is 0 Å². The number of fused-ring (bicyclic) bond motifs is 1. The van der Waals surface area contributed by atoms with Crippen molar-refractivity contribution in [2.45, 2.75) is 46.4 Å². The number of para-hydroxylation sites is 1. The molecule has 6 nitrogen and oxygen atoms in total. The second-order valence-corrected chi connectivity index (χ2v) is 9.59. The van der Waals surface area contributed by atoms with Gasteiger partial charge in [0.25, 0.3) is 11.5 Å². The van der Waals surface area contributed by atoms with E-state index in [1.807, 2.05) is 45.9 Å². The summed E-state index contributed by atoms with van der Waals surface area (Å²) in [5, 5.41) is 1.00. The summed E-state index contributed by atoms with van der Waals surface area (Å²) in [4.78, 5) is 30.8. The third-order valence-corrected chi connectivity index (χ3v) is 7.08. The minimum Gasteiger partial charge on any atom is -0.372 e. The topological polar surface area (TPSA) is 54.8 Å². The van der Waals surface area contributed by atoms with Gasteiger partial charge in [-0.25, -0.2) is 0 Å². The number of benzene rings is 1. The van der Waals surface area contributed by atoms with E-state index < -0.39 is 0 Å². The highest BCUT2D eigenvalue weighted by Gasteiger charge is 2.33. The van der Waals surface area contributed by atoms with Crippen molar-refractivity contribution >= 4 is 56.9 Å². The number of nitrogens with zero attached hydrogens (tertiary/aromatic N) is 3. The zero-order chi connectivity index (χ0) is 22.3. The number of morpholine rings is 1. The van der Waals surface area contributed by atoms with Crippen LogP contribution in [0.25, 0.3) is 17.0 Å². The van der Waals surface area contributed by atoms with Gasteiger partial charge in [0, 0.05) is 31.6 Å². The number of anilines is 1. The number of likely N-dealkylation sites (N-methyl/N-ethyl adjacent to an activating group) is 1. The van der Waals surface area contributed by atoms with Crippen LogP contribution in [-0.2, 0) is 16.1 Å². The number of thiocarbonyl (C=S) groups is 1. The lowest BCUT2D eigenvalue weighted by Crippen LogP contribution is -2.46. The minimum absolute atomic E-state index is 0.0438. The number of rotatable bonds is 4. The van der Waals surface area contributed by atoms with Gasteiger partial charge in [0.05, 0.1) is 33.9 Å². The summed E-state index contributed by atoms with van der Waals surface area (Å²) in [6, 6.07) is 7.98. The molecular weight excluding hydrogens is 430 g/mol. The third-order valence-electron chi connectivity index (χ3n) is 5.70. The second kappa shape index (κ2) is 8.76. The number of aromatic nitrogens is 1. The molecule has 1 amide bonds. The smallest absolute Gasteiger partial charge is 0.266 e. The van der Waals surface area contributed by atoms with Gasteiger partial charge in [-0.2, -0.15) is 0 Å². The summed E-state index contributed by atoms with van der Waals surface area (Å²) in [6.07, 6.45) is 1.83. The zero-order valence-electron chi connectivity index (χ0n) is 18.3. The van der Waals surface area contributed by atoms with Crippen LogP contribution in [0, 0.1) is 0 Å². The maximum absolute atomic E-state index is 13.7. The summed E-state index contributed by atoms with van der Waals surface area (Å²) in [7, 11) is 0. The van der Waals surface area contributed by atoms with E-state index in [9.17, 15) is 9.59 Å². The molecule has 0 radical (unpaired) electrons. The van der Waals surface area contributed by atoms with Crippen LogP contribution in [0.2, 0.25) is 0 Å². The largest absolute Gasteiger partial charge is 0.372 e. The first-order valence-electron chi connectivity index (χ1n) is 10.7. The quantitative estimate of drug-likeness (QED) is 0.513. The van der Waals surface area contributed by atoms with Gasteiger partial charge in [-0.15, -0.1) is 0 Å². The minimum atomic E-state index is -0.136. The monoisotopic (exact) mass is 457 g/mol. The molecule has 8 heteroatoms. The lowest BCUT2D eigenvalue weighted by molar-refractivity contribution is -0.121. The lowest BCUT2D eigenvalue weighted by Gasteiger charge is -2.38. The molecule has 31 heavy (non-hydrogen) atoms. The summed E-state index contributed by atoms with van der Waals surface area (Å²) in [5.74, 6) is -0.136. The zero-order valence-corrected chi connectivity index (χ0v) is 19.9. The molecule has 0 N–H and O–H groups in total. The predicted molar refractivity (Wildman–Crippen MR) is 132 cm³/mol. The Hall–Kier alpha value is -2.16. The number of carbonyl (C=O) groups is 1. The first kappa shape index (κ1) is 22.0. The Balaban J connectivity index is 1.99. The Bertz CT molecular complexity index is 1130. The average molecular weight is 458 g/mol.